The highest BCUT2D eigenvalue weighted by Crippen LogP contribution is 2.65. The van der Waals surface area contributed by atoms with Crippen LogP contribution in [-0.4, -0.2) is 28.2 Å². The Morgan fingerprint density at radius 2 is 1.77 bits per heavy atom. The van der Waals surface area contributed by atoms with Crippen molar-refractivity contribution in [1.82, 2.24) is 0 Å². The summed E-state index contributed by atoms with van der Waals surface area (Å²) < 4.78 is 0. The van der Waals surface area contributed by atoms with E-state index in [1.165, 1.54) is 6.42 Å². The van der Waals surface area contributed by atoms with Gasteiger partial charge in [-0.1, -0.05) is 13.8 Å². The molecule has 0 aromatic carbocycles. The number of rotatable bonds is 0. The maximum absolute atomic E-state index is 12.4. The topological polar surface area (TPSA) is 57.5 Å². The minimum atomic E-state index is -0.379. The lowest BCUT2D eigenvalue weighted by molar-refractivity contribution is -0.179. The molecule has 0 amide bonds. The average molecular weight is 306 g/mol. The van der Waals surface area contributed by atoms with E-state index in [0.717, 1.165) is 38.5 Å². The molecular formula is C19H30O3. The molecule has 4 aliphatic carbocycles. The highest BCUT2D eigenvalue weighted by Gasteiger charge is 2.62. The number of aliphatic hydroxyl groups is 2. The summed E-state index contributed by atoms with van der Waals surface area (Å²) in [6.45, 7) is 4.49. The van der Waals surface area contributed by atoms with Crippen LogP contribution < -0.4 is 0 Å². The second-order valence-electron chi connectivity index (χ2n) is 9.08. The van der Waals surface area contributed by atoms with Crippen molar-refractivity contribution in [1.29, 1.82) is 0 Å². The van der Waals surface area contributed by atoms with Gasteiger partial charge in [0.1, 0.15) is 5.78 Å². The van der Waals surface area contributed by atoms with Gasteiger partial charge in [0.15, 0.2) is 0 Å². The number of aliphatic hydroxyl groups excluding tert-OH is 2. The molecule has 3 heteroatoms. The standard InChI is InChI=1S/C19H30O3/c1-18-8-7-15-13(14(18)5-6-16(18)21)4-3-11-9-12(20)10-17(22)19(11,15)2/h11-15,17,20,22H,3-10H2,1-2H3/t11-,12-,13-,14-,15-,17+,18-,19-/m0/s1. The Labute approximate surface area is 133 Å². The van der Waals surface area contributed by atoms with Crippen molar-refractivity contribution in [2.24, 2.45) is 34.5 Å². The first-order chi connectivity index (χ1) is 10.4. The van der Waals surface area contributed by atoms with Gasteiger partial charge in [-0.05, 0) is 74.0 Å². The smallest absolute Gasteiger partial charge is 0.139 e. The Morgan fingerprint density at radius 3 is 2.55 bits per heavy atom. The molecule has 124 valence electrons. The maximum atomic E-state index is 12.4. The van der Waals surface area contributed by atoms with Crippen LogP contribution in [0, 0.1) is 34.5 Å². The van der Waals surface area contributed by atoms with Crippen LogP contribution in [0.4, 0.5) is 0 Å². The van der Waals surface area contributed by atoms with Crippen LogP contribution in [0.25, 0.3) is 0 Å². The van der Waals surface area contributed by atoms with E-state index in [4.69, 9.17) is 0 Å². The second-order valence-corrected chi connectivity index (χ2v) is 9.08. The van der Waals surface area contributed by atoms with E-state index in [-0.39, 0.29) is 23.0 Å². The summed E-state index contributed by atoms with van der Waals surface area (Å²) >= 11 is 0. The van der Waals surface area contributed by atoms with Crippen molar-refractivity contribution < 1.29 is 15.0 Å². The molecular weight excluding hydrogens is 276 g/mol. The molecule has 0 bridgehead atoms. The van der Waals surface area contributed by atoms with Gasteiger partial charge >= 0.3 is 0 Å². The van der Waals surface area contributed by atoms with Gasteiger partial charge < -0.3 is 10.2 Å². The number of hydrogen-bond acceptors (Lipinski definition) is 3. The number of carbonyl (C=O) groups excluding carboxylic acids is 1. The molecule has 4 aliphatic rings. The summed E-state index contributed by atoms with van der Waals surface area (Å²) in [6, 6.07) is 0. The highest BCUT2D eigenvalue weighted by molar-refractivity contribution is 5.87. The fourth-order valence-electron chi connectivity index (χ4n) is 7.07. The minimum absolute atomic E-state index is 0.0465. The number of fused-ring (bicyclic) bond motifs is 5. The third-order valence-electron chi connectivity index (χ3n) is 8.44. The van der Waals surface area contributed by atoms with E-state index < -0.39 is 0 Å². The fraction of sp³-hybridized carbons (Fsp3) is 0.947. The molecule has 0 unspecified atom stereocenters. The molecule has 2 N–H and O–H groups in total. The molecule has 0 aromatic rings. The quantitative estimate of drug-likeness (QED) is 0.723. The first kappa shape index (κ1) is 15.1. The molecule has 0 aromatic heterocycles. The van der Waals surface area contributed by atoms with Crippen LogP contribution >= 0.6 is 0 Å². The fourth-order valence-corrected chi connectivity index (χ4v) is 7.07. The van der Waals surface area contributed by atoms with Crippen molar-refractivity contribution in [3.63, 3.8) is 0 Å². The molecule has 8 atom stereocenters. The molecule has 3 nitrogen and oxygen atoms in total. The number of Topliss-reactive ketones (excluding diaryl/α,β-unsaturated/α-hetero) is 1. The molecule has 4 fully saturated rings. The Balaban J connectivity index is 1.67. The van der Waals surface area contributed by atoms with E-state index in [0.29, 0.717) is 35.9 Å². The van der Waals surface area contributed by atoms with Crippen LogP contribution in [0.1, 0.15) is 65.2 Å². The summed E-state index contributed by atoms with van der Waals surface area (Å²) in [5.41, 5.74) is -0.126. The van der Waals surface area contributed by atoms with Crippen LogP contribution in [0.2, 0.25) is 0 Å². The van der Waals surface area contributed by atoms with Gasteiger partial charge in [-0.3, -0.25) is 4.79 Å². The van der Waals surface area contributed by atoms with E-state index in [2.05, 4.69) is 13.8 Å². The molecule has 0 spiro atoms. The van der Waals surface area contributed by atoms with Crippen molar-refractivity contribution >= 4 is 5.78 Å². The van der Waals surface area contributed by atoms with Gasteiger partial charge in [-0.25, -0.2) is 0 Å². The Hall–Kier alpha value is -0.410. The summed E-state index contributed by atoms with van der Waals surface area (Å²) in [5.74, 6) is 2.63. The van der Waals surface area contributed by atoms with E-state index in [9.17, 15) is 15.0 Å². The third kappa shape index (κ3) is 1.78. The normalized spacial score (nSPS) is 57.9. The average Bonchev–Trinajstić information content (AvgIpc) is 2.77. The monoisotopic (exact) mass is 306 g/mol. The Bertz CT molecular complexity index is 489. The largest absolute Gasteiger partial charge is 0.393 e. The predicted octanol–water partition coefficient (Wildman–Crippen LogP) is 2.93. The lowest BCUT2D eigenvalue weighted by Crippen LogP contribution is -2.59. The van der Waals surface area contributed by atoms with E-state index in [1.54, 1.807) is 0 Å². The molecule has 0 saturated heterocycles. The summed E-state index contributed by atoms with van der Waals surface area (Å²) in [7, 11) is 0. The molecule has 0 aliphatic heterocycles. The van der Waals surface area contributed by atoms with Gasteiger partial charge in [0.05, 0.1) is 12.2 Å². The van der Waals surface area contributed by atoms with Crippen molar-refractivity contribution in [2.75, 3.05) is 0 Å². The van der Waals surface area contributed by atoms with Gasteiger partial charge in [0.25, 0.3) is 0 Å². The first-order valence-corrected chi connectivity index (χ1v) is 9.26. The summed E-state index contributed by atoms with van der Waals surface area (Å²) in [4.78, 5) is 12.4. The Morgan fingerprint density at radius 1 is 1.00 bits per heavy atom. The van der Waals surface area contributed by atoms with Crippen molar-refractivity contribution in [3.05, 3.63) is 0 Å². The van der Waals surface area contributed by atoms with Gasteiger partial charge in [0.2, 0.25) is 0 Å². The van der Waals surface area contributed by atoms with Crippen molar-refractivity contribution in [3.8, 4) is 0 Å². The van der Waals surface area contributed by atoms with E-state index >= 15 is 0 Å². The van der Waals surface area contributed by atoms with Crippen molar-refractivity contribution in [2.45, 2.75) is 77.4 Å². The van der Waals surface area contributed by atoms with E-state index in [1.807, 2.05) is 0 Å². The first-order valence-electron chi connectivity index (χ1n) is 9.26. The molecule has 22 heavy (non-hydrogen) atoms. The van der Waals surface area contributed by atoms with Crippen LogP contribution in [0.5, 0.6) is 0 Å². The number of hydrogen-bond donors (Lipinski definition) is 2. The van der Waals surface area contributed by atoms with Crippen LogP contribution in [-0.2, 0) is 4.79 Å². The molecule has 0 heterocycles. The summed E-state index contributed by atoms with van der Waals surface area (Å²) in [6.07, 6.45) is 6.93. The second kappa shape index (κ2) is 4.80. The zero-order valence-corrected chi connectivity index (χ0v) is 13.9. The lowest BCUT2D eigenvalue weighted by Gasteiger charge is -2.61. The molecule has 4 saturated carbocycles. The predicted molar refractivity (Wildman–Crippen MR) is 84.1 cm³/mol. The lowest BCUT2D eigenvalue weighted by atomic mass is 9.44. The third-order valence-corrected chi connectivity index (χ3v) is 8.44. The zero-order chi connectivity index (χ0) is 15.7. The van der Waals surface area contributed by atoms with Gasteiger partial charge in [-0.2, -0.15) is 0 Å². The zero-order valence-electron chi connectivity index (χ0n) is 13.9. The van der Waals surface area contributed by atoms with Crippen LogP contribution in [0.15, 0.2) is 0 Å². The Kier molecular flexibility index (Phi) is 3.30. The highest BCUT2D eigenvalue weighted by atomic mass is 16.3. The minimum Gasteiger partial charge on any atom is -0.393 e. The van der Waals surface area contributed by atoms with Crippen LogP contribution in [0.3, 0.4) is 0 Å². The maximum Gasteiger partial charge on any atom is 0.139 e. The molecule has 4 rings (SSSR count). The number of ketones is 1. The summed E-state index contributed by atoms with van der Waals surface area (Å²) in [5, 5.41) is 20.9. The molecule has 0 radical (unpaired) electrons. The van der Waals surface area contributed by atoms with Gasteiger partial charge in [0, 0.05) is 11.8 Å². The van der Waals surface area contributed by atoms with Gasteiger partial charge in [-0.15, -0.1) is 0 Å². The SMILES string of the molecule is C[C@]12[C@@H](CC[C@@H]3[C@@H]1CC[C@]1(C)C(=O)CC[C@@H]31)C[C@H](O)C[C@H]2O. The number of carbonyl (C=O) groups is 1.